The zero-order valence-electron chi connectivity index (χ0n) is 12.2. The summed E-state index contributed by atoms with van der Waals surface area (Å²) in [5, 5.41) is 3.93. The largest absolute Gasteiger partial charge is 0.370 e. The smallest absolute Gasteiger partial charge is 0.227 e. The van der Waals surface area contributed by atoms with E-state index in [9.17, 15) is 4.79 Å². The monoisotopic (exact) mass is 300 g/mol. The Morgan fingerprint density at radius 2 is 2.05 bits per heavy atom. The van der Waals surface area contributed by atoms with E-state index in [0.717, 1.165) is 42.4 Å². The predicted octanol–water partition coefficient (Wildman–Crippen LogP) is 1.33. The van der Waals surface area contributed by atoms with Crippen molar-refractivity contribution in [1.82, 2.24) is 9.97 Å². The summed E-state index contributed by atoms with van der Waals surface area (Å²) in [6, 6.07) is 3.87. The van der Waals surface area contributed by atoms with Crippen LogP contribution in [0.15, 0.2) is 29.5 Å². The number of nitrogens with one attached hydrogen (secondary N) is 2. The summed E-state index contributed by atoms with van der Waals surface area (Å²) < 4.78 is 0. The second-order valence-electron chi connectivity index (χ2n) is 5.65. The highest BCUT2D eigenvalue weighted by Gasteiger charge is 2.26. The van der Waals surface area contributed by atoms with E-state index in [1.807, 2.05) is 18.3 Å². The van der Waals surface area contributed by atoms with Crippen LogP contribution in [0.4, 0.5) is 5.69 Å². The molecule has 2 aromatic rings. The molecule has 0 spiro atoms. The highest BCUT2D eigenvalue weighted by atomic mass is 16.1. The van der Waals surface area contributed by atoms with Gasteiger partial charge in [-0.1, -0.05) is 0 Å². The third kappa shape index (κ3) is 3.03. The fraction of sp³-hybridized carbons (Fsp3) is 0.400. The molecule has 7 heteroatoms. The number of anilines is 1. The first kappa shape index (κ1) is 14.4. The number of guanidine groups is 1. The van der Waals surface area contributed by atoms with Crippen molar-refractivity contribution in [1.29, 1.82) is 0 Å². The van der Waals surface area contributed by atoms with Crippen molar-refractivity contribution in [3.05, 3.63) is 24.5 Å². The van der Waals surface area contributed by atoms with Gasteiger partial charge in [0.05, 0.1) is 11.7 Å². The Kier molecular flexibility index (Phi) is 3.95. The first-order valence-electron chi connectivity index (χ1n) is 7.45. The second kappa shape index (κ2) is 6.05. The minimum absolute atomic E-state index is 0.00704. The van der Waals surface area contributed by atoms with Crippen LogP contribution in [0.5, 0.6) is 0 Å². The van der Waals surface area contributed by atoms with E-state index in [0.29, 0.717) is 0 Å². The third-order valence-electron chi connectivity index (χ3n) is 4.12. The zero-order chi connectivity index (χ0) is 15.5. The molecule has 1 fully saturated rings. The van der Waals surface area contributed by atoms with E-state index in [4.69, 9.17) is 11.5 Å². The van der Waals surface area contributed by atoms with Crippen LogP contribution >= 0.6 is 0 Å². The molecule has 6 N–H and O–H groups in total. The SMILES string of the molecule is NC(N)=NC1CCC(C(=O)Nc2ccnc3[nH]ccc23)CC1. The lowest BCUT2D eigenvalue weighted by Gasteiger charge is -2.25. The van der Waals surface area contributed by atoms with Gasteiger partial charge in [0.15, 0.2) is 5.96 Å². The summed E-state index contributed by atoms with van der Waals surface area (Å²) in [6.07, 6.45) is 6.78. The average Bonchev–Trinajstić information content (AvgIpc) is 2.97. The van der Waals surface area contributed by atoms with Crippen molar-refractivity contribution < 1.29 is 4.79 Å². The first-order valence-corrected chi connectivity index (χ1v) is 7.45. The number of carbonyl (C=O) groups excluding carboxylic acids is 1. The maximum Gasteiger partial charge on any atom is 0.227 e. The summed E-state index contributed by atoms with van der Waals surface area (Å²) in [7, 11) is 0. The summed E-state index contributed by atoms with van der Waals surface area (Å²) in [6.45, 7) is 0. The molecule has 0 aromatic carbocycles. The van der Waals surface area contributed by atoms with E-state index in [2.05, 4.69) is 20.3 Å². The number of amides is 1. The van der Waals surface area contributed by atoms with Crippen molar-refractivity contribution in [2.75, 3.05) is 5.32 Å². The van der Waals surface area contributed by atoms with Crippen LogP contribution in [0, 0.1) is 5.92 Å². The summed E-state index contributed by atoms with van der Waals surface area (Å²) in [5.41, 5.74) is 12.4. The normalized spacial score (nSPS) is 21.5. The van der Waals surface area contributed by atoms with Gasteiger partial charge in [-0.05, 0) is 37.8 Å². The molecule has 1 amide bonds. The van der Waals surface area contributed by atoms with Crippen molar-refractivity contribution >= 4 is 28.6 Å². The molecule has 2 heterocycles. The van der Waals surface area contributed by atoms with E-state index in [1.165, 1.54) is 0 Å². The molecular weight excluding hydrogens is 280 g/mol. The minimum atomic E-state index is 0.00704. The second-order valence-corrected chi connectivity index (χ2v) is 5.65. The van der Waals surface area contributed by atoms with Crippen LogP contribution < -0.4 is 16.8 Å². The maximum atomic E-state index is 12.4. The van der Waals surface area contributed by atoms with Gasteiger partial charge in [-0.15, -0.1) is 0 Å². The Morgan fingerprint density at radius 1 is 1.27 bits per heavy atom. The molecule has 3 rings (SSSR count). The third-order valence-corrected chi connectivity index (χ3v) is 4.12. The molecule has 116 valence electrons. The number of fused-ring (bicyclic) bond motifs is 1. The number of carbonyl (C=O) groups is 1. The number of aromatic amines is 1. The fourth-order valence-electron chi connectivity index (χ4n) is 2.98. The van der Waals surface area contributed by atoms with Gasteiger partial charge in [0.25, 0.3) is 0 Å². The van der Waals surface area contributed by atoms with Gasteiger partial charge < -0.3 is 21.8 Å². The number of hydrogen-bond acceptors (Lipinski definition) is 3. The van der Waals surface area contributed by atoms with Crippen molar-refractivity contribution in [3.8, 4) is 0 Å². The molecular formula is C15H20N6O. The molecule has 22 heavy (non-hydrogen) atoms. The summed E-state index contributed by atoms with van der Waals surface area (Å²) >= 11 is 0. The Balaban J connectivity index is 1.64. The zero-order valence-corrected chi connectivity index (χ0v) is 12.2. The minimum Gasteiger partial charge on any atom is -0.370 e. The number of rotatable bonds is 3. The number of pyridine rings is 1. The average molecular weight is 300 g/mol. The highest BCUT2D eigenvalue weighted by molar-refractivity contribution is 6.00. The number of aromatic nitrogens is 2. The molecule has 1 aliphatic carbocycles. The number of nitrogens with two attached hydrogens (primary N) is 2. The van der Waals surface area contributed by atoms with Crippen molar-refractivity contribution in [2.45, 2.75) is 31.7 Å². The van der Waals surface area contributed by atoms with Gasteiger partial charge in [-0.3, -0.25) is 9.79 Å². The van der Waals surface area contributed by atoms with E-state index < -0.39 is 0 Å². The summed E-state index contributed by atoms with van der Waals surface area (Å²) in [4.78, 5) is 23.9. The quantitative estimate of drug-likeness (QED) is 0.504. The first-order chi connectivity index (χ1) is 10.6. The molecule has 1 aliphatic rings. The van der Waals surface area contributed by atoms with Crippen molar-refractivity contribution in [3.63, 3.8) is 0 Å². The maximum absolute atomic E-state index is 12.4. The highest BCUT2D eigenvalue weighted by Crippen LogP contribution is 2.28. The molecule has 0 bridgehead atoms. The fourth-order valence-corrected chi connectivity index (χ4v) is 2.98. The van der Waals surface area contributed by atoms with Crippen LogP contribution in [-0.4, -0.2) is 27.9 Å². The molecule has 0 atom stereocenters. The Bertz CT molecular complexity index is 695. The lowest BCUT2D eigenvalue weighted by molar-refractivity contribution is -0.120. The topological polar surface area (TPSA) is 122 Å². The van der Waals surface area contributed by atoms with E-state index >= 15 is 0 Å². The van der Waals surface area contributed by atoms with Gasteiger partial charge >= 0.3 is 0 Å². The Morgan fingerprint density at radius 3 is 2.77 bits per heavy atom. The summed E-state index contributed by atoms with van der Waals surface area (Å²) in [5.74, 6) is 0.184. The van der Waals surface area contributed by atoms with Gasteiger partial charge in [0, 0.05) is 23.7 Å². The van der Waals surface area contributed by atoms with Gasteiger partial charge in [-0.2, -0.15) is 0 Å². The van der Waals surface area contributed by atoms with E-state index in [1.54, 1.807) is 6.20 Å². The van der Waals surface area contributed by atoms with Crippen LogP contribution in [0.25, 0.3) is 11.0 Å². The molecule has 0 saturated heterocycles. The Hall–Kier alpha value is -2.57. The molecule has 0 unspecified atom stereocenters. The number of hydrogen-bond donors (Lipinski definition) is 4. The molecule has 1 saturated carbocycles. The Labute approximate surface area is 128 Å². The van der Waals surface area contributed by atoms with Crippen LogP contribution in [0.2, 0.25) is 0 Å². The van der Waals surface area contributed by atoms with Crippen LogP contribution in [0.1, 0.15) is 25.7 Å². The lowest BCUT2D eigenvalue weighted by atomic mass is 9.85. The standard InChI is InChI=1S/C15H20N6O/c16-15(17)20-10-3-1-9(2-4-10)14(22)21-12-6-8-19-13-11(12)5-7-18-13/h5-10H,1-4H2,(H4,16,17,20)(H2,18,19,21,22). The van der Waals surface area contributed by atoms with Gasteiger partial charge in [0.1, 0.15) is 5.65 Å². The van der Waals surface area contributed by atoms with Crippen LogP contribution in [0.3, 0.4) is 0 Å². The molecule has 0 radical (unpaired) electrons. The molecule has 7 nitrogen and oxygen atoms in total. The van der Waals surface area contributed by atoms with Gasteiger partial charge in [-0.25, -0.2) is 4.98 Å². The molecule has 2 aromatic heterocycles. The van der Waals surface area contributed by atoms with Gasteiger partial charge in [0.2, 0.25) is 5.91 Å². The number of H-pyrrole nitrogens is 1. The number of nitrogens with zero attached hydrogens (tertiary/aromatic N) is 2. The van der Waals surface area contributed by atoms with Crippen LogP contribution in [-0.2, 0) is 4.79 Å². The van der Waals surface area contributed by atoms with E-state index in [-0.39, 0.29) is 23.8 Å². The predicted molar refractivity (Wildman–Crippen MR) is 86.3 cm³/mol. The lowest BCUT2D eigenvalue weighted by Crippen LogP contribution is -2.31. The molecule has 0 aliphatic heterocycles. The van der Waals surface area contributed by atoms with Crippen molar-refractivity contribution in [2.24, 2.45) is 22.4 Å². The number of aliphatic imine (C=N–C) groups is 1.